The topological polar surface area (TPSA) is 101 Å². The van der Waals surface area contributed by atoms with Crippen LogP contribution in [0.3, 0.4) is 0 Å². The van der Waals surface area contributed by atoms with Crippen LogP contribution >= 0.6 is 0 Å². The first kappa shape index (κ1) is 15.6. The third-order valence-corrected chi connectivity index (χ3v) is 2.62. The number of benzene rings is 1. The lowest BCUT2D eigenvalue weighted by atomic mass is 9.99. The summed E-state index contributed by atoms with van der Waals surface area (Å²) >= 11 is 0. The van der Waals surface area contributed by atoms with E-state index < -0.39 is 35.9 Å². The number of hydrogen-bond donors (Lipinski definition) is 2. The largest absolute Gasteiger partial charge is 0.475 e. The van der Waals surface area contributed by atoms with Crippen LogP contribution in [0, 0.1) is 0 Å². The molecule has 1 amide bonds. The number of ketones is 2. The second-order valence-electron chi connectivity index (χ2n) is 4.31. The van der Waals surface area contributed by atoms with E-state index in [4.69, 9.17) is 5.11 Å². The maximum Gasteiger partial charge on any atom is 0.372 e. The van der Waals surface area contributed by atoms with Crippen LogP contribution in [0.4, 0.5) is 0 Å². The van der Waals surface area contributed by atoms with E-state index in [0.29, 0.717) is 0 Å². The van der Waals surface area contributed by atoms with Crippen LogP contribution in [0.25, 0.3) is 0 Å². The molecule has 1 aromatic carbocycles. The first-order chi connectivity index (χ1) is 9.40. The summed E-state index contributed by atoms with van der Waals surface area (Å²) in [5, 5.41) is 10.9. The van der Waals surface area contributed by atoms with Crippen molar-refractivity contribution in [2.45, 2.75) is 25.8 Å². The number of aliphatic carboxylic acids is 1. The van der Waals surface area contributed by atoms with Crippen molar-refractivity contribution in [3.8, 4) is 0 Å². The van der Waals surface area contributed by atoms with Crippen LogP contribution in [0.5, 0.6) is 0 Å². The highest BCUT2D eigenvalue weighted by atomic mass is 16.4. The summed E-state index contributed by atoms with van der Waals surface area (Å²) in [4.78, 5) is 44.5. The normalized spacial score (nSPS) is 11.4. The summed E-state index contributed by atoms with van der Waals surface area (Å²) in [7, 11) is 0. The lowest BCUT2D eigenvalue weighted by Gasteiger charge is -2.16. The van der Waals surface area contributed by atoms with Crippen LogP contribution < -0.4 is 5.32 Å². The quantitative estimate of drug-likeness (QED) is 0.553. The van der Waals surface area contributed by atoms with E-state index in [0.717, 1.165) is 5.56 Å². The highest BCUT2D eigenvalue weighted by Crippen LogP contribution is 2.06. The van der Waals surface area contributed by atoms with Crippen molar-refractivity contribution in [1.82, 2.24) is 5.32 Å². The van der Waals surface area contributed by atoms with E-state index in [2.05, 4.69) is 5.32 Å². The van der Waals surface area contributed by atoms with Gasteiger partial charge in [-0.3, -0.25) is 14.4 Å². The second kappa shape index (κ2) is 7.18. The Labute approximate surface area is 115 Å². The summed E-state index contributed by atoms with van der Waals surface area (Å²) < 4.78 is 0. The smallest absolute Gasteiger partial charge is 0.372 e. The SMILES string of the molecule is CC(=O)NC(Cc1ccccc1)C(=O)CC(=O)C(=O)O. The van der Waals surface area contributed by atoms with E-state index in [-0.39, 0.29) is 6.42 Å². The van der Waals surface area contributed by atoms with E-state index in [1.54, 1.807) is 24.3 Å². The predicted molar refractivity (Wildman–Crippen MR) is 70.0 cm³/mol. The minimum atomic E-state index is -1.65. The number of amides is 1. The molecule has 106 valence electrons. The zero-order chi connectivity index (χ0) is 15.1. The fourth-order valence-corrected chi connectivity index (χ4v) is 1.70. The minimum absolute atomic E-state index is 0.214. The average Bonchev–Trinajstić information content (AvgIpc) is 2.38. The third kappa shape index (κ3) is 5.01. The molecule has 0 aliphatic carbocycles. The van der Waals surface area contributed by atoms with Gasteiger partial charge in [-0.05, 0) is 12.0 Å². The van der Waals surface area contributed by atoms with Crippen molar-refractivity contribution >= 4 is 23.4 Å². The number of nitrogens with one attached hydrogen (secondary N) is 1. The van der Waals surface area contributed by atoms with Gasteiger partial charge in [-0.1, -0.05) is 30.3 Å². The van der Waals surface area contributed by atoms with Crippen LogP contribution in [0.1, 0.15) is 18.9 Å². The van der Waals surface area contributed by atoms with Crippen LogP contribution in [-0.4, -0.2) is 34.6 Å². The number of Topliss-reactive ketones (excluding diaryl/α,β-unsaturated/α-hetero) is 2. The molecule has 0 bridgehead atoms. The van der Waals surface area contributed by atoms with E-state index >= 15 is 0 Å². The van der Waals surface area contributed by atoms with Crippen molar-refractivity contribution in [2.24, 2.45) is 0 Å². The molecule has 1 atom stereocenters. The van der Waals surface area contributed by atoms with Gasteiger partial charge < -0.3 is 10.4 Å². The zero-order valence-corrected chi connectivity index (χ0v) is 11.0. The second-order valence-corrected chi connectivity index (χ2v) is 4.31. The monoisotopic (exact) mass is 277 g/mol. The van der Waals surface area contributed by atoms with Gasteiger partial charge in [0.25, 0.3) is 0 Å². The molecule has 0 aliphatic rings. The van der Waals surface area contributed by atoms with Gasteiger partial charge in [-0.25, -0.2) is 4.79 Å². The Morgan fingerprint density at radius 2 is 1.75 bits per heavy atom. The number of carbonyl (C=O) groups excluding carboxylic acids is 3. The molecule has 2 N–H and O–H groups in total. The Morgan fingerprint density at radius 1 is 1.15 bits per heavy atom. The van der Waals surface area contributed by atoms with Crippen molar-refractivity contribution in [3.05, 3.63) is 35.9 Å². The van der Waals surface area contributed by atoms with Crippen LogP contribution in [0.2, 0.25) is 0 Å². The number of carboxylic acids is 1. The molecule has 0 saturated carbocycles. The molecule has 0 radical (unpaired) electrons. The molecule has 6 heteroatoms. The van der Waals surface area contributed by atoms with Gasteiger partial charge in [0.1, 0.15) is 0 Å². The molecule has 1 aromatic rings. The van der Waals surface area contributed by atoms with E-state index in [9.17, 15) is 19.2 Å². The Bertz CT molecular complexity index is 524. The van der Waals surface area contributed by atoms with E-state index in [1.165, 1.54) is 6.92 Å². The van der Waals surface area contributed by atoms with Crippen molar-refractivity contribution in [3.63, 3.8) is 0 Å². The molecular formula is C14H15NO5. The van der Waals surface area contributed by atoms with Gasteiger partial charge >= 0.3 is 5.97 Å². The van der Waals surface area contributed by atoms with Crippen LogP contribution in [-0.2, 0) is 25.6 Å². The summed E-state index contributed by atoms with van der Waals surface area (Å²) in [6, 6.07) is 8.04. The summed E-state index contributed by atoms with van der Waals surface area (Å²) in [6.07, 6.45) is -0.515. The standard InChI is InChI=1S/C14H15NO5/c1-9(16)15-11(7-10-5-3-2-4-6-10)12(17)8-13(18)14(19)20/h2-6,11H,7-8H2,1H3,(H,15,16)(H,19,20). The van der Waals surface area contributed by atoms with Crippen molar-refractivity contribution in [2.75, 3.05) is 0 Å². The van der Waals surface area contributed by atoms with E-state index in [1.807, 2.05) is 6.07 Å². The molecule has 0 saturated heterocycles. The van der Waals surface area contributed by atoms with Crippen molar-refractivity contribution in [1.29, 1.82) is 0 Å². The lowest BCUT2D eigenvalue weighted by molar-refractivity contribution is -0.150. The summed E-state index contributed by atoms with van der Waals surface area (Å²) in [5.74, 6) is -3.86. The third-order valence-electron chi connectivity index (χ3n) is 2.62. The molecule has 0 aliphatic heterocycles. The van der Waals surface area contributed by atoms with Gasteiger partial charge in [-0.15, -0.1) is 0 Å². The Kier molecular flexibility index (Phi) is 5.58. The summed E-state index contributed by atoms with van der Waals surface area (Å²) in [6.45, 7) is 1.25. The highest BCUT2D eigenvalue weighted by Gasteiger charge is 2.24. The Balaban J connectivity index is 2.78. The Morgan fingerprint density at radius 3 is 2.25 bits per heavy atom. The van der Waals surface area contributed by atoms with Gasteiger partial charge in [-0.2, -0.15) is 0 Å². The molecule has 20 heavy (non-hydrogen) atoms. The maximum atomic E-state index is 11.9. The Hall–Kier alpha value is -2.50. The number of hydrogen-bond acceptors (Lipinski definition) is 4. The van der Waals surface area contributed by atoms with Gasteiger partial charge in [0.15, 0.2) is 5.78 Å². The minimum Gasteiger partial charge on any atom is -0.475 e. The van der Waals surface area contributed by atoms with Gasteiger partial charge in [0, 0.05) is 6.92 Å². The first-order valence-corrected chi connectivity index (χ1v) is 6.00. The highest BCUT2D eigenvalue weighted by molar-refractivity contribution is 6.36. The lowest BCUT2D eigenvalue weighted by Crippen LogP contribution is -2.42. The number of rotatable bonds is 7. The zero-order valence-electron chi connectivity index (χ0n) is 11.0. The molecule has 0 spiro atoms. The molecule has 0 aromatic heterocycles. The summed E-state index contributed by atoms with van der Waals surface area (Å²) in [5.41, 5.74) is 0.808. The molecule has 1 rings (SSSR count). The average molecular weight is 277 g/mol. The molecule has 0 heterocycles. The molecule has 0 fully saturated rings. The van der Waals surface area contributed by atoms with Gasteiger partial charge in [0.2, 0.25) is 11.7 Å². The molecular weight excluding hydrogens is 262 g/mol. The maximum absolute atomic E-state index is 11.9. The van der Waals surface area contributed by atoms with Crippen LogP contribution in [0.15, 0.2) is 30.3 Å². The fourth-order valence-electron chi connectivity index (χ4n) is 1.70. The van der Waals surface area contributed by atoms with Crippen molar-refractivity contribution < 1.29 is 24.3 Å². The first-order valence-electron chi connectivity index (χ1n) is 6.00. The fraction of sp³-hybridized carbons (Fsp3) is 0.286. The predicted octanol–water partition coefficient (Wildman–Crippen LogP) is 0.347. The number of carboxylic acid groups (broad SMARTS) is 1. The van der Waals surface area contributed by atoms with Gasteiger partial charge in [0.05, 0.1) is 12.5 Å². The number of carbonyl (C=O) groups is 4. The molecule has 1 unspecified atom stereocenters. The molecule has 6 nitrogen and oxygen atoms in total.